The molecule has 0 spiro atoms. The minimum Gasteiger partial charge on any atom is -0.481 e. The van der Waals surface area contributed by atoms with Crippen molar-refractivity contribution in [1.82, 2.24) is 14.5 Å². The molecule has 0 bridgehead atoms. The molecule has 1 N–H and O–H groups in total. The SMILES string of the molecule is CSCc1nc2ccccc2n1CC(=O)N1CCC(C)(C(=O)O)C1. The van der Waals surface area contributed by atoms with E-state index in [-0.39, 0.29) is 19.0 Å². The van der Waals surface area contributed by atoms with Crippen molar-refractivity contribution in [3.05, 3.63) is 30.1 Å². The Morgan fingerprint density at radius 2 is 2.12 bits per heavy atom. The molecule has 0 saturated carbocycles. The molecule has 3 rings (SSSR count). The van der Waals surface area contributed by atoms with Gasteiger partial charge in [0.15, 0.2) is 0 Å². The Bertz CT molecular complexity index is 788. The summed E-state index contributed by atoms with van der Waals surface area (Å²) in [5.41, 5.74) is 0.982. The maximum atomic E-state index is 12.7. The average Bonchev–Trinajstić information content (AvgIpc) is 3.11. The molecule has 24 heavy (non-hydrogen) atoms. The number of aliphatic carboxylic acids is 1. The number of likely N-dealkylation sites (tertiary alicyclic amines) is 1. The van der Waals surface area contributed by atoms with Crippen LogP contribution >= 0.6 is 11.8 Å². The van der Waals surface area contributed by atoms with Crippen molar-refractivity contribution in [3.8, 4) is 0 Å². The van der Waals surface area contributed by atoms with Gasteiger partial charge in [-0.05, 0) is 31.7 Å². The van der Waals surface area contributed by atoms with Crippen LogP contribution in [-0.2, 0) is 21.9 Å². The summed E-state index contributed by atoms with van der Waals surface area (Å²) in [6.07, 6.45) is 2.50. The molecule has 0 radical (unpaired) electrons. The molecule has 1 aromatic carbocycles. The summed E-state index contributed by atoms with van der Waals surface area (Å²) in [6.45, 7) is 2.66. The van der Waals surface area contributed by atoms with Crippen molar-refractivity contribution in [1.29, 1.82) is 0 Å². The van der Waals surface area contributed by atoms with E-state index < -0.39 is 11.4 Å². The summed E-state index contributed by atoms with van der Waals surface area (Å²) in [4.78, 5) is 30.3. The minimum atomic E-state index is -0.839. The third-order valence-electron chi connectivity index (χ3n) is 4.64. The Kier molecular flexibility index (Phi) is 4.54. The second kappa shape index (κ2) is 6.47. The lowest BCUT2D eigenvalue weighted by atomic mass is 9.90. The smallest absolute Gasteiger partial charge is 0.311 e. The van der Waals surface area contributed by atoms with Gasteiger partial charge in [-0.15, -0.1) is 0 Å². The molecule has 1 fully saturated rings. The van der Waals surface area contributed by atoms with Gasteiger partial charge in [0, 0.05) is 13.1 Å². The van der Waals surface area contributed by atoms with E-state index in [9.17, 15) is 14.7 Å². The van der Waals surface area contributed by atoms with Crippen LogP contribution in [0.25, 0.3) is 11.0 Å². The van der Waals surface area contributed by atoms with Gasteiger partial charge in [-0.2, -0.15) is 11.8 Å². The molecule has 1 aliphatic heterocycles. The van der Waals surface area contributed by atoms with E-state index in [0.717, 1.165) is 22.6 Å². The van der Waals surface area contributed by atoms with Crippen molar-refractivity contribution < 1.29 is 14.7 Å². The Labute approximate surface area is 144 Å². The van der Waals surface area contributed by atoms with Crippen LogP contribution in [0.3, 0.4) is 0 Å². The van der Waals surface area contributed by atoms with Crippen molar-refractivity contribution in [2.45, 2.75) is 25.6 Å². The molecular weight excluding hydrogens is 326 g/mol. The van der Waals surface area contributed by atoms with Gasteiger partial charge < -0.3 is 14.6 Å². The fourth-order valence-electron chi connectivity index (χ4n) is 3.12. The number of thioether (sulfide) groups is 1. The lowest BCUT2D eigenvalue weighted by Gasteiger charge is -2.21. The summed E-state index contributed by atoms with van der Waals surface area (Å²) in [6, 6.07) is 7.77. The highest BCUT2D eigenvalue weighted by Gasteiger charge is 2.42. The lowest BCUT2D eigenvalue weighted by molar-refractivity contribution is -0.147. The molecule has 1 saturated heterocycles. The van der Waals surface area contributed by atoms with Gasteiger partial charge in [0.05, 0.1) is 22.2 Å². The van der Waals surface area contributed by atoms with Crippen LogP contribution in [-0.4, -0.2) is 50.8 Å². The minimum absolute atomic E-state index is 0.0505. The number of aromatic nitrogens is 2. The van der Waals surface area contributed by atoms with Crippen LogP contribution in [0.2, 0.25) is 0 Å². The molecule has 6 nitrogen and oxygen atoms in total. The first-order chi connectivity index (χ1) is 11.4. The molecule has 1 aromatic heterocycles. The average molecular weight is 347 g/mol. The van der Waals surface area contributed by atoms with Crippen molar-refractivity contribution >= 4 is 34.7 Å². The Balaban J connectivity index is 1.83. The van der Waals surface area contributed by atoms with Crippen LogP contribution in [0, 0.1) is 5.41 Å². The van der Waals surface area contributed by atoms with Crippen LogP contribution in [0.5, 0.6) is 0 Å². The number of rotatable bonds is 5. The maximum absolute atomic E-state index is 12.7. The third-order valence-corrected chi connectivity index (χ3v) is 5.19. The molecule has 1 unspecified atom stereocenters. The summed E-state index contributed by atoms with van der Waals surface area (Å²) >= 11 is 1.66. The second-order valence-electron chi connectivity index (χ2n) is 6.47. The van der Waals surface area contributed by atoms with Gasteiger partial charge in [0.1, 0.15) is 12.4 Å². The summed E-state index contributed by atoms with van der Waals surface area (Å²) in [5, 5.41) is 9.33. The van der Waals surface area contributed by atoms with Gasteiger partial charge in [-0.3, -0.25) is 9.59 Å². The standard InChI is InChI=1S/C17H21N3O3S/c1-17(16(22)23)7-8-19(11-17)15(21)9-20-13-6-4-3-5-12(13)18-14(20)10-24-2/h3-6H,7-11H2,1-2H3,(H,22,23). The topological polar surface area (TPSA) is 75.4 Å². The predicted octanol–water partition coefficient (Wildman–Crippen LogP) is 2.22. The normalized spacial score (nSPS) is 20.7. The third kappa shape index (κ3) is 3.00. The number of para-hydroxylation sites is 2. The predicted molar refractivity (Wildman–Crippen MR) is 93.9 cm³/mol. The molecule has 7 heteroatoms. The highest BCUT2D eigenvalue weighted by atomic mass is 32.2. The van der Waals surface area contributed by atoms with E-state index in [1.165, 1.54) is 0 Å². The van der Waals surface area contributed by atoms with E-state index in [2.05, 4.69) is 4.98 Å². The zero-order valence-electron chi connectivity index (χ0n) is 13.9. The van der Waals surface area contributed by atoms with E-state index in [1.54, 1.807) is 23.6 Å². The van der Waals surface area contributed by atoms with Gasteiger partial charge in [-0.1, -0.05) is 12.1 Å². The number of carbonyl (C=O) groups is 2. The fourth-order valence-corrected chi connectivity index (χ4v) is 3.60. The Morgan fingerprint density at radius 3 is 2.79 bits per heavy atom. The molecule has 1 atom stereocenters. The zero-order chi connectivity index (χ0) is 17.3. The van der Waals surface area contributed by atoms with E-state index in [0.29, 0.717) is 13.0 Å². The number of hydrogen-bond donors (Lipinski definition) is 1. The fraction of sp³-hybridized carbons (Fsp3) is 0.471. The van der Waals surface area contributed by atoms with E-state index >= 15 is 0 Å². The number of imidazole rings is 1. The highest BCUT2D eigenvalue weighted by molar-refractivity contribution is 7.97. The molecule has 1 aliphatic rings. The quantitative estimate of drug-likeness (QED) is 0.898. The summed E-state index contributed by atoms with van der Waals surface area (Å²) < 4.78 is 1.95. The van der Waals surface area contributed by atoms with Crippen molar-refractivity contribution in [3.63, 3.8) is 0 Å². The number of carboxylic acid groups (broad SMARTS) is 1. The number of carboxylic acids is 1. The lowest BCUT2D eigenvalue weighted by Crippen LogP contribution is -2.36. The largest absolute Gasteiger partial charge is 0.481 e. The molecular formula is C17H21N3O3S. The van der Waals surface area contributed by atoms with E-state index in [1.807, 2.05) is 35.1 Å². The van der Waals surface area contributed by atoms with Gasteiger partial charge in [0.25, 0.3) is 0 Å². The monoisotopic (exact) mass is 347 g/mol. The number of hydrogen-bond acceptors (Lipinski definition) is 4. The van der Waals surface area contributed by atoms with Crippen LogP contribution < -0.4 is 0 Å². The summed E-state index contributed by atoms with van der Waals surface area (Å²) in [7, 11) is 0. The maximum Gasteiger partial charge on any atom is 0.311 e. The number of fused-ring (bicyclic) bond motifs is 1. The number of nitrogens with zero attached hydrogens (tertiary/aromatic N) is 3. The first-order valence-electron chi connectivity index (χ1n) is 7.89. The van der Waals surface area contributed by atoms with Crippen LogP contribution in [0.1, 0.15) is 19.2 Å². The number of benzene rings is 1. The first kappa shape index (κ1) is 16.8. The number of carbonyl (C=O) groups excluding carboxylic acids is 1. The summed E-state index contributed by atoms with van der Waals surface area (Å²) in [5.74, 6) is 0.714. The van der Waals surface area contributed by atoms with Gasteiger partial charge in [0.2, 0.25) is 5.91 Å². The Hall–Kier alpha value is -2.02. The zero-order valence-corrected chi connectivity index (χ0v) is 14.7. The van der Waals surface area contributed by atoms with Crippen LogP contribution in [0.4, 0.5) is 0 Å². The van der Waals surface area contributed by atoms with Gasteiger partial charge >= 0.3 is 5.97 Å². The highest BCUT2D eigenvalue weighted by Crippen LogP contribution is 2.30. The molecule has 1 amide bonds. The second-order valence-corrected chi connectivity index (χ2v) is 7.33. The van der Waals surface area contributed by atoms with Crippen molar-refractivity contribution in [2.75, 3.05) is 19.3 Å². The van der Waals surface area contributed by atoms with Gasteiger partial charge in [-0.25, -0.2) is 4.98 Å². The first-order valence-corrected chi connectivity index (χ1v) is 9.28. The molecule has 2 heterocycles. The molecule has 0 aliphatic carbocycles. The van der Waals surface area contributed by atoms with Crippen molar-refractivity contribution in [2.24, 2.45) is 5.41 Å². The van der Waals surface area contributed by atoms with E-state index in [4.69, 9.17) is 0 Å². The Morgan fingerprint density at radius 1 is 1.38 bits per heavy atom. The molecule has 128 valence electrons. The molecule has 2 aromatic rings. The number of amides is 1. The van der Waals surface area contributed by atoms with Crippen LogP contribution in [0.15, 0.2) is 24.3 Å².